The molecule has 1 unspecified atom stereocenters. The van der Waals surface area contributed by atoms with Crippen LogP contribution in [0.5, 0.6) is 0 Å². The summed E-state index contributed by atoms with van der Waals surface area (Å²) in [4.78, 5) is 17.0. The van der Waals surface area contributed by atoms with Gasteiger partial charge in [-0.3, -0.25) is 4.79 Å². The average molecular weight is 341 g/mol. The normalized spacial score (nSPS) is 25.0. The van der Waals surface area contributed by atoms with Gasteiger partial charge in [-0.1, -0.05) is 0 Å². The van der Waals surface area contributed by atoms with E-state index in [1.165, 1.54) is 10.4 Å². The van der Waals surface area contributed by atoms with Gasteiger partial charge in [-0.05, 0) is 50.7 Å². The fourth-order valence-corrected chi connectivity index (χ4v) is 6.09. The molecule has 1 atom stereocenters. The zero-order valence-corrected chi connectivity index (χ0v) is 14.8. The predicted octanol–water partition coefficient (Wildman–Crippen LogP) is 2.33. The minimum atomic E-state index is -3.01. The topological polar surface area (TPSA) is 54.5 Å². The molecule has 2 heterocycles. The van der Waals surface area contributed by atoms with Crippen LogP contribution in [0.15, 0.2) is 6.07 Å². The molecule has 3 rings (SSSR count). The second kappa shape index (κ2) is 5.96. The Morgan fingerprint density at radius 1 is 1.36 bits per heavy atom. The van der Waals surface area contributed by atoms with Crippen LogP contribution in [0.3, 0.4) is 0 Å². The van der Waals surface area contributed by atoms with Crippen molar-refractivity contribution < 1.29 is 13.2 Å². The molecule has 1 aromatic heterocycles. The second-order valence-electron chi connectivity index (χ2n) is 6.60. The molecule has 1 amide bonds. The van der Waals surface area contributed by atoms with E-state index in [1.807, 2.05) is 11.8 Å². The maximum absolute atomic E-state index is 12.8. The van der Waals surface area contributed by atoms with Crippen LogP contribution in [0.2, 0.25) is 0 Å². The molecule has 0 radical (unpaired) electrons. The van der Waals surface area contributed by atoms with Gasteiger partial charge in [0.2, 0.25) is 5.91 Å². The number of nitrogens with zero attached hydrogens (tertiary/aromatic N) is 1. The van der Waals surface area contributed by atoms with Crippen molar-refractivity contribution in [1.82, 2.24) is 4.90 Å². The summed E-state index contributed by atoms with van der Waals surface area (Å²) in [7, 11) is -3.01. The van der Waals surface area contributed by atoms with Gasteiger partial charge in [-0.15, -0.1) is 11.3 Å². The highest BCUT2D eigenvalue weighted by Crippen LogP contribution is 2.37. The molecule has 1 aliphatic carbocycles. The summed E-state index contributed by atoms with van der Waals surface area (Å²) in [6.07, 6.45) is 3.09. The quantitative estimate of drug-likeness (QED) is 0.848. The first-order valence-corrected chi connectivity index (χ1v) is 10.6. The number of sulfone groups is 1. The van der Waals surface area contributed by atoms with Crippen molar-refractivity contribution in [3.05, 3.63) is 21.4 Å². The number of aryl methyl sites for hydroxylation is 2. The zero-order chi connectivity index (χ0) is 15.9. The SMILES string of the molecule is Cc1cc(C)c(CC(=O)N2CCCS(=O)(=O)CC2C2CC2)s1. The van der Waals surface area contributed by atoms with Crippen molar-refractivity contribution in [2.24, 2.45) is 5.92 Å². The molecule has 0 spiro atoms. The van der Waals surface area contributed by atoms with E-state index in [0.29, 0.717) is 25.3 Å². The molecule has 122 valence electrons. The molecule has 0 aromatic carbocycles. The first-order valence-electron chi connectivity index (χ1n) is 7.91. The Morgan fingerprint density at radius 2 is 2.09 bits per heavy atom. The Labute approximate surface area is 136 Å². The molecule has 2 fully saturated rings. The Hall–Kier alpha value is -0.880. The van der Waals surface area contributed by atoms with Gasteiger partial charge in [0.15, 0.2) is 9.84 Å². The number of rotatable bonds is 3. The highest BCUT2D eigenvalue weighted by Gasteiger charge is 2.41. The molecule has 0 N–H and O–H groups in total. The van der Waals surface area contributed by atoms with Crippen LogP contribution >= 0.6 is 11.3 Å². The molecule has 4 nitrogen and oxygen atoms in total. The van der Waals surface area contributed by atoms with Gasteiger partial charge in [0.1, 0.15) is 0 Å². The first kappa shape index (κ1) is 16.0. The Kier molecular flexibility index (Phi) is 4.34. The van der Waals surface area contributed by atoms with E-state index in [-0.39, 0.29) is 23.5 Å². The van der Waals surface area contributed by atoms with Crippen molar-refractivity contribution in [3.8, 4) is 0 Å². The van der Waals surface area contributed by atoms with Crippen molar-refractivity contribution in [2.75, 3.05) is 18.1 Å². The van der Waals surface area contributed by atoms with Gasteiger partial charge in [-0.2, -0.15) is 0 Å². The van der Waals surface area contributed by atoms with Gasteiger partial charge in [0, 0.05) is 22.3 Å². The Balaban J connectivity index is 1.78. The van der Waals surface area contributed by atoms with Crippen LogP contribution in [0.1, 0.15) is 34.6 Å². The summed E-state index contributed by atoms with van der Waals surface area (Å²) in [6.45, 7) is 4.68. The van der Waals surface area contributed by atoms with Crippen LogP contribution in [0.25, 0.3) is 0 Å². The van der Waals surface area contributed by atoms with Gasteiger partial charge in [0.25, 0.3) is 0 Å². The van der Waals surface area contributed by atoms with Crippen LogP contribution in [-0.4, -0.2) is 43.3 Å². The lowest BCUT2D eigenvalue weighted by atomic mass is 10.1. The van der Waals surface area contributed by atoms with Crippen molar-refractivity contribution in [1.29, 1.82) is 0 Å². The third-order valence-electron chi connectivity index (χ3n) is 4.62. The third-order valence-corrected chi connectivity index (χ3v) is 7.53. The molecule has 0 bridgehead atoms. The third kappa shape index (κ3) is 3.54. The largest absolute Gasteiger partial charge is 0.338 e. The summed E-state index contributed by atoms with van der Waals surface area (Å²) < 4.78 is 24.1. The average Bonchev–Trinajstić information content (AvgIpc) is 3.20. The number of thiophene rings is 1. The van der Waals surface area contributed by atoms with E-state index in [1.54, 1.807) is 11.3 Å². The van der Waals surface area contributed by atoms with E-state index >= 15 is 0 Å². The fraction of sp³-hybridized carbons (Fsp3) is 0.688. The maximum Gasteiger partial charge on any atom is 0.228 e. The molecular weight excluding hydrogens is 318 g/mol. The van der Waals surface area contributed by atoms with Crippen LogP contribution < -0.4 is 0 Å². The Bertz CT molecular complexity index is 674. The first-order chi connectivity index (χ1) is 10.4. The number of hydrogen-bond acceptors (Lipinski definition) is 4. The molecule has 1 saturated carbocycles. The summed E-state index contributed by atoms with van der Waals surface area (Å²) in [5, 5.41) is 0. The summed E-state index contributed by atoms with van der Waals surface area (Å²) in [5.41, 5.74) is 1.17. The van der Waals surface area contributed by atoms with Crippen molar-refractivity contribution in [2.45, 2.75) is 45.6 Å². The lowest BCUT2D eigenvalue weighted by molar-refractivity contribution is -0.132. The molecule has 22 heavy (non-hydrogen) atoms. The van der Waals surface area contributed by atoms with Gasteiger partial charge in [-0.25, -0.2) is 8.42 Å². The number of hydrogen-bond donors (Lipinski definition) is 0. The van der Waals surface area contributed by atoms with Crippen LogP contribution in [0.4, 0.5) is 0 Å². The van der Waals surface area contributed by atoms with Gasteiger partial charge < -0.3 is 4.90 Å². The Morgan fingerprint density at radius 3 is 2.68 bits per heavy atom. The monoisotopic (exact) mass is 341 g/mol. The van der Waals surface area contributed by atoms with E-state index in [9.17, 15) is 13.2 Å². The number of carbonyl (C=O) groups excluding carboxylic acids is 1. The van der Waals surface area contributed by atoms with Gasteiger partial charge >= 0.3 is 0 Å². The smallest absolute Gasteiger partial charge is 0.228 e. The van der Waals surface area contributed by atoms with Crippen molar-refractivity contribution >= 4 is 27.1 Å². The van der Waals surface area contributed by atoms with E-state index in [4.69, 9.17) is 0 Å². The molecule has 6 heteroatoms. The fourth-order valence-electron chi connectivity index (χ4n) is 3.34. The minimum Gasteiger partial charge on any atom is -0.338 e. The lowest BCUT2D eigenvalue weighted by Gasteiger charge is -2.29. The molecule has 2 aliphatic rings. The summed E-state index contributed by atoms with van der Waals surface area (Å²) in [5.74, 6) is 0.866. The maximum atomic E-state index is 12.8. The predicted molar refractivity (Wildman–Crippen MR) is 89.0 cm³/mol. The second-order valence-corrected chi connectivity index (χ2v) is 10.2. The minimum absolute atomic E-state index is 0.0960. The van der Waals surface area contributed by atoms with E-state index in [0.717, 1.165) is 17.7 Å². The number of carbonyl (C=O) groups is 1. The van der Waals surface area contributed by atoms with Gasteiger partial charge in [0.05, 0.1) is 17.9 Å². The van der Waals surface area contributed by atoms with E-state index < -0.39 is 9.84 Å². The highest BCUT2D eigenvalue weighted by atomic mass is 32.2. The molecule has 1 saturated heterocycles. The van der Waals surface area contributed by atoms with E-state index in [2.05, 4.69) is 13.0 Å². The molecule has 1 aromatic rings. The summed E-state index contributed by atoms with van der Waals surface area (Å²) in [6, 6.07) is 2.01. The number of amides is 1. The molecular formula is C16H23NO3S2. The standard InChI is InChI=1S/C16H23NO3S2/c1-11-8-12(2)21-15(11)9-16(18)17-6-3-7-22(19,20)10-14(17)13-4-5-13/h8,13-14H,3-7,9-10H2,1-2H3. The lowest BCUT2D eigenvalue weighted by Crippen LogP contribution is -2.44. The van der Waals surface area contributed by atoms with Crippen LogP contribution in [0, 0.1) is 19.8 Å². The van der Waals surface area contributed by atoms with Crippen molar-refractivity contribution in [3.63, 3.8) is 0 Å². The highest BCUT2D eigenvalue weighted by molar-refractivity contribution is 7.91. The summed E-state index contributed by atoms with van der Waals surface area (Å²) >= 11 is 1.67. The van der Waals surface area contributed by atoms with Crippen LogP contribution in [-0.2, 0) is 21.1 Å². The zero-order valence-electron chi connectivity index (χ0n) is 13.2. The molecule has 1 aliphatic heterocycles.